The summed E-state index contributed by atoms with van der Waals surface area (Å²) in [6, 6.07) is 6.09. The second-order valence-corrected chi connectivity index (χ2v) is 6.01. The molecule has 1 aromatic carbocycles. The van der Waals surface area contributed by atoms with E-state index in [9.17, 15) is 4.79 Å². The highest BCUT2D eigenvalue weighted by molar-refractivity contribution is 7.99. The van der Waals surface area contributed by atoms with Crippen molar-refractivity contribution in [3.63, 3.8) is 0 Å². The van der Waals surface area contributed by atoms with Crippen LogP contribution >= 0.6 is 11.8 Å². The van der Waals surface area contributed by atoms with Gasteiger partial charge in [0, 0.05) is 18.5 Å². The maximum absolute atomic E-state index is 11.7. The summed E-state index contributed by atoms with van der Waals surface area (Å²) in [4.78, 5) is 14.8. The van der Waals surface area contributed by atoms with Crippen molar-refractivity contribution in [1.29, 1.82) is 0 Å². The molecule has 0 aromatic heterocycles. The third-order valence-corrected chi connectivity index (χ3v) is 4.36. The minimum absolute atomic E-state index is 0.0119. The van der Waals surface area contributed by atoms with E-state index in [1.165, 1.54) is 28.2 Å². The monoisotopic (exact) mass is 264 g/mol. The molecule has 18 heavy (non-hydrogen) atoms. The summed E-state index contributed by atoms with van der Waals surface area (Å²) < 4.78 is 0. The summed E-state index contributed by atoms with van der Waals surface area (Å²) in [5.74, 6) is 1.21. The molecule has 98 valence electrons. The van der Waals surface area contributed by atoms with E-state index in [-0.39, 0.29) is 5.91 Å². The Labute approximate surface area is 113 Å². The second kappa shape index (κ2) is 5.76. The van der Waals surface area contributed by atoms with Gasteiger partial charge in [-0.15, -0.1) is 11.8 Å². The van der Waals surface area contributed by atoms with Crippen LogP contribution in [-0.4, -0.2) is 29.6 Å². The Kier molecular flexibility index (Phi) is 4.30. The predicted octanol–water partition coefficient (Wildman–Crippen LogP) is 2.03. The van der Waals surface area contributed by atoms with E-state index >= 15 is 0 Å². The molecule has 1 aromatic rings. The van der Waals surface area contributed by atoms with Crippen LogP contribution in [0.3, 0.4) is 0 Å². The molecule has 1 heterocycles. The molecule has 2 rings (SSSR count). The van der Waals surface area contributed by atoms with Crippen LogP contribution < -0.4 is 5.73 Å². The second-order valence-electron chi connectivity index (χ2n) is 4.88. The summed E-state index contributed by atoms with van der Waals surface area (Å²) in [6.07, 6.45) is 2.40. The fourth-order valence-electron chi connectivity index (χ4n) is 2.21. The van der Waals surface area contributed by atoms with Crippen LogP contribution in [0.15, 0.2) is 23.1 Å². The molecule has 0 saturated heterocycles. The van der Waals surface area contributed by atoms with Crippen LogP contribution in [-0.2, 0) is 17.8 Å². The molecule has 0 spiro atoms. The highest BCUT2D eigenvalue weighted by atomic mass is 32.2. The summed E-state index contributed by atoms with van der Waals surface area (Å²) in [5.41, 5.74) is 8.22. The molecule has 0 aliphatic carbocycles. The van der Waals surface area contributed by atoms with E-state index in [1.807, 2.05) is 11.8 Å². The van der Waals surface area contributed by atoms with Gasteiger partial charge in [-0.25, -0.2) is 0 Å². The van der Waals surface area contributed by atoms with Gasteiger partial charge in [0.25, 0.3) is 0 Å². The normalized spacial score (nSPS) is 15.9. The Morgan fingerprint density at radius 3 is 3.06 bits per heavy atom. The van der Waals surface area contributed by atoms with E-state index in [1.54, 1.807) is 18.9 Å². The van der Waals surface area contributed by atoms with Gasteiger partial charge in [-0.1, -0.05) is 12.1 Å². The van der Waals surface area contributed by atoms with E-state index in [2.05, 4.69) is 18.2 Å². The van der Waals surface area contributed by atoms with Crippen LogP contribution in [0.5, 0.6) is 0 Å². The number of rotatable bonds is 3. The van der Waals surface area contributed by atoms with Gasteiger partial charge in [-0.3, -0.25) is 4.79 Å². The summed E-state index contributed by atoms with van der Waals surface area (Å²) in [6.45, 7) is 2.36. The Bertz CT molecular complexity index is 445. The number of hydrogen-bond donors (Lipinski definition) is 1. The van der Waals surface area contributed by atoms with Crippen molar-refractivity contribution in [2.24, 2.45) is 5.73 Å². The first-order chi connectivity index (χ1) is 8.58. The van der Waals surface area contributed by atoms with Gasteiger partial charge in [0.15, 0.2) is 0 Å². The SMILES string of the molecule is CC(N)C(=O)N(C)Cc1ccc2c(c1)CCCS2. The van der Waals surface area contributed by atoms with Gasteiger partial charge in [0.05, 0.1) is 6.04 Å². The molecule has 4 heteroatoms. The maximum atomic E-state index is 11.7. The molecule has 1 aliphatic rings. The average molecular weight is 264 g/mol. The van der Waals surface area contributed by atoms with Crippen molar-refractivity contribution in [3.05, 3.63) is 29.3 Å². The molecule has 0 saturated carbocycles. The topological polar surface area (TPSA) is 46.3 Å². The lowest BCUT2D eigenvalue weighted by atomic mass is 10.1. The van der Waals surface area contributed by atoms with E-state index in [0.717, 1.165) is 6.42 Å². The number of thioether (sulfide) groups is 1. The van der Waals surface area contributed by atoms with Gasteiger partial charge in [-0.05, 0) is 42.7 Å². The highest BCUT2D eigenvalue weighted by Crippen LogP contribution is 2.30. The number of amides is 1. The number of aryl methyl sites for hydroxylation is 1. The van der Waals surface area contributed by atoms with E-state index < -0.39 is 6.04 Å². The minimum Gasteiger partial charge on any atom is -0.340 e. The van der Waals surface area contributed by atoms with Crippen LogP contribution in [0.25, 0.3) is 0 Å². The third kappa shape index (κ3) is 3.06. The van der Waals surface area contributed by atoms with E-state index in [4.69, 9.17) is 5.73 Å². The zero-order chi connectivity index (χ0) is 13.1. The molecule has 3 nitrogen and oxygen atoms in total. The summed E-state index contributed by atoms with van der Waals surface area (Å²) in [5, 5.41) is 0. The Morgan fingerprint density at radius 2 is 2.33 bits per heavy atom. The van der Waals surface area contributed by atoms with Crippen molar-refractivity contribution in [2.75, 3.05) is 12.8 Å². The first-order valence-corrected chi connectivity index (χ1v) is 7.31. The fraction of sp³-hybridized carbons (Fsp3) is 0.500. The zero-order valence-corrected chi connectivity index (χ0v) is 11.8. The molecular weight excluding hydrogens is 244 g/mol. The lowest BCUT2D eigenvalue weighted by molar-refractivity contribution is -0.131. The lowest BCUT2D eigenvalue weighted by Gasteiger charge is -2.21. The smallest absolute Gasteiger partial charge is 0.239 e. The first-order valence-electron chi connectivity index (χ1n) is 6.33. The number of fused-ring (bicyclic) bond motifs is 1. The predicted molar refractivity (Wildman–Crippen MR) is 75.6 cm³/mol. The van der Waals surface area contributed by atoms with Crippen LogP contribution in [0, 0.1) is 0 Å². The van der Waals surface area contributed by atoms with Crippen molar-refractivity contribution in [2.45, 2.75) is 37.2 Å². The van der Waals surface area contributed by atoms with E-state index in [0.29, 0.717) is 6.54 Å². The number of carbonyl (C=O) groups is 1. The Balaban J connectivity index is 2.08. The quantitative estimate of drug-likeness (QED) is 0.908. The summed E-state index contributed by atoms with van der Waals surface area (Å²) >= 11 is 1.93. The van der Waals surface area contributed by atoms with Crippen molar-refractivity contribution < 1.29 is 4.79 Å². The number of nitrogens with zero attached hydrogens (tertiary/aromatic N) is 1. The van der Waals surface area contributed by atoms with Gasteiger partial charge < -0.3 is 10.6 Å². The number of carbonyl (C=O) groups excluding carboxylic acids is 1. The molecular formula is C14H20N2OS. The lowest BCUT2D eigenvalue weighted by Crippen LogP contribution is -2.39. The van der Waals surface area contributed by atoms with Gasteiger partial charge in [0.1, 0.15) is 0 Å². The molecule has 0 bridgehead atoms. The number of likely N-dealkylation sites (N-methyl/N-ethyl adjacent to an activating group) is 1. The highest BCUT2D eigenvalue weighted by Gasteiger charge is 2.15. The molecule has 1 atom stereocenters. The standard InChI is InChI=1S/C14H20N2OS/c1-10(15)14(17)16(2)9-11-5-6-13-12(8-11)4-3-7-18-13/h5-6,8,10H,3-4,7,9,15H2,1-2H3. The maximum Gasteiger partial charge on any atom is 0.239 e. The summed E-state index contributed by atoms with van der Waals surface area (Å²) in [7, 11) is 1.81. The van der Waals surface area contributed by atoms with Crippen molar-refractivity contribution in [1.82, 2.24) is 4.90 Å². The number of hydrogen-bond acceptors (Lipinski definition) is 3. The molecule has 2 N–H and O–H groups in total. The molecule has 0 fully saturated rings. The molecule has 1 aliphatic heterocycles. The van der Waals surface area contributed by atoms with Gasteiger partial charge in [-0.2, -0.15) is 0 Å². The van der Waals surface area contributed by atoms with Gasteiger partial charge >= 0.3 is 0 Å². The largest absolute Gasteiger partial charge is 0.340 e. The molecule has 1 unspecified atom stereocenters. The van der Waals surface area contributed by atoms with Gasteiger partial charge in [0.2, 0.25) is 5.91 Å². The average Bonchev–Trinajstić information content (AvgIpc) is 2.37. The van der Waals surface area contributed by atoms with Crippen molar-refractivity contribution >= 4 is 17.7 Å². The van der Waals surface area contributed by atoms with Crippen LogP contribution in [0.4, 0.5) is 0 Å². The Hall–Kier alpha value is -1.00. The molecule has 1 amide bonds. The first kappa shape index (κ1) is 13.4. The van der Waals surface area contributed by atoms with Crippen LogP contribution in [0.1, 0.15) is 24.5 Å². The third-order valence-electron chi connectivity index (χ3n) is 3.16. The molecule has 0 radical (unpaired) electrons. The minimum atomic E-state index is -0.428. The Morgan fingerprint density at radius 1 is 1.56 bits per heavy atom. The number of nitrogens with two attached hydrogens (primary N) is 1. The van der Waals surface area contributed by atoms with Crippen LogP contribution in [0.2, 0.25) is 0 Å². The zero-order valence-electron chi connectivity index (χ0n) is 11.0. The fourth-order valence-corrected chi connectivity index (χ4v) is 3.23. The van der Waals surface area contributed by atoms with Crippen molar-refractivity contribution in [3.8, 4) is 0 Å². The number of benzene rings is 1.